The van der Waals surface area contributed by atoms with Gasteiger partial charge >= 0.3 is 5.92 Å². The lowest BCUT2D eigenvalue weighted by molar-refractivity contribution is -0.134. The molecule has 0 spiro atoms. The van der Waals surface area contributed by atoms with Crippen LogP contribution in [-0.2, 0) is 23.7 Å². The van der Waals surface area contributed by atoms with E-state index in [0.717, 1.165) is 55.4 Å². The minimum atomic E-state index is -3.15. The molecule has 4 N–H and O–H groups in total. The largest absolute Gasteiger partial charge is 0.480 e. The number of hydrogen-bond acceptors (Lipinski definition) is 12. The maximum absolute atomic E-state index is 15.2. The Kier molecular flexibility index (Phi) is 10.3. The molecule has 4 aliphatic heterocycles. The van der Waals surface area contributed by atoms with Gasteiger partial charge in [0.15, 0.2) is 12.4 Å². The molecule has 4 fully saturated rings. The van der Waals surface area contributed by atoms with Gasteiger partial charge in [-0.3, -0.25) is 24.4 Å². The molecular formula is C45H51ClF2N10O5. The molecule has 1 aliphatic carbocycles. The molecule has 2 amide bonds. The number of aliphatic hydroxyl groups is 1. The van der Waals surface area contributed by atoms with Gasteiger partial charge in [-0.05, 0) is 93.9 Å². The third kappa shape index (κ3) is 7.39. The number of hydrogen-bond donors (Lipinski definition) is 4. The summed E-state index contributed by atoms with van der Waals surface area (Å²) in [5.74, 6) is -3.43. The average molecular weight is 885 g/mol. The van der Waals surface area contributed by atoms with Crippen molar-refractivity contribution < 1.29 is 28.2 Å². The quantitative estimate of drug-likeness (QED) is 0.130. The van der Waals surface area contributed by atoms with E-state index >= 15 is 8.78 Å². The molecule has 0 bridgehead atoms. The fourth-order valence-corrected chi connectivity index (χ4v) is 10.7. The standard InChI is InChI=1S/C45H51ClF2N10O5/c1-44(62,25-13-17-57(18-14-25)33-6-4-5-28-35(54-56(3)37(28)33)29-10-12-34(59)51-41(29)60)26-15-19-58(20-16-26)43-49-22-31(46)40(53-43)50-27-9-11-32-30(21-27)36-38(42(61)55(32)2)63-23-45(47,48)39(52-36)24-7-8-24/h4-6,9,11,21-22,24-26,29,39,52,62H,7-8,10,12-20,23H2,1-3H3,(H,49,50,53)(H,51,59,60)/t29?,39-,44?/m0/s1. The Morgan fingerprint density at radius 1 is 0.952 bits per heavy atom. The summed E-state index contributed by atoms with van der Waals surface area (Å²) in [4.78, 5) is 51.7. The Morgan fingerprint density at radius 2 is 1.67 bits per heavy atom. The van der Waals surface area contributed by atoms with Crippen LogP contribution in [-0.4, -0.2) is 91.6 Å². The van der Waals surface area contributed by atoms with Gasteiger partial charge in [0, 0.05) is 63.2 Å². The van der Waals surface area contributed by atoms with Gasteiger partial charge in [-0.1, -0.05) is 23.7 Å². The number of nitrogens with one attached hydrogen (secondary N) is 3. The van der Waals surface area contributed by atoms with Crippen molar-refractivity contribution in [2.45, 2.75) is 81.8 Å². The Bertz CT molecular complexity index is 2700. The van der Waals surface area contributed by atoms with Crippen molar-refractivity contribution in [1.29, 1.82) is 0 Å². The van der Waals surface area contributed by atoms with E-state index in [9.17, 15) is 19.5 Å². The molecule has 3 aromatic heterocycles. The molecule has 63 heavy (non-hydrogen) atoms. The number of fused-ring (bicyclic) bond motifs is 4. The fraction of sp³-hybridized carbons (Fsp3) is 0.511. The molecule has 5 aromatic rings. The molecule has 18 heteroatoms. The number of amides is 2. The number of anilines is 5. The molecule has 10 rings (SSSR count). The minimum absolute atomic E-state index is 0.0764. The summed E-state index contributed by atoms with van der Waals surface area (Å²) in [7, 11) is 3.49. The maximum atomic E-state index is 15.2. The summed E-state index contributed by atoms with van der Waals surface area (Å²) in [6.45, 7) is 3.95. The number of pyridine rings is 1. The van der Waals surface area contributed by atoms with Crippen LogP contribution in [0, 0.1) is 17.8 Å². The molecule has 1 saturated carbocycles. The second kappa shape index (κ2) is 15.6. The van der Waals surface area contributed by atoms with Crippen molar-refractivity contribution in [3.05, 3.63) is 63.7 Å². The maximum Gasteiger partial charge on any atom is 0.301 e. The summed E-state index contributed by atoms with van der Waals surface area (Å²) in [6.07, 6.45) is 6.81. The smallest absolute Gasteiger partial charge is 0.301 e. The predicted octanol–water partition coefficient (Wildman–Crippen LogP) is 6.23. The zero-order chi connectivity index (χ0) is 43.9. The van der Waals surface area contributed by atoms with Crippen molar-refractivity contribution in [2.24, 2.45) is 31.8 Å². The van der Waals surface area contributed by atoms with Crippen LogP contribution in [0.2, 0.25) is 5.02 Å². The van der Waals surface area contributed by atoms with Crippen molar-refractivity contribution in [3.8, 4) is 5.75 Å². The third-order valence-corrected chi connectivity index (χ3v) is 14.6. The highest BCUT2D eigenvalue weighted by molar-refractivity contribution is 6.33. The molecule has 5 aliphatic rings. The van der Waals surface area contributed by atoms with Crippen LogP contribution in [0.3, 0.4) is 0 Å². The zero-order valence-corrected chi connectivity index (χ0v) is 36.2. The topological polar surface area (TPSA) is 172 Å². The Hall–Kier alpha value is -5.55. The average Bonchev–Trinajstić information content (AvgIpc) is 4.08. The fourth-order valence-electron chi connectivity index (χ4n) is 10.5. The van der Waals surface area contributed by atoms with Gasteiger partial charge in [-0.15, -0.1) is 0 Å². The van der Waals surface area contributed by atoms with Crippen molar-refractivity contribution in [3.63, 3.8) is 0 Å². The van der Waals surface area contributed by atoms with Crippen LogP contribution in [0.15, 0.2) is 47.4 Å². The van der Waals surface area contributed by atoms with E-state index < -0.39 is 35.6 Å². The lowest BCUT2D eigenvalue weighted by Gasteiger charge is -2.46. The van der Waals surface area contributed by atoms with Crippen LogP contribution < -0.4 is 36.0 Å². The van der Waals surface area contributed by atoms with Crippen molar-refractivity contribution >= 4 is 74.0 Å². The predicted molar refractivity (Wildman–Crippen MR) is 236 cm³/mol. The number of piperidine rings is 3. The van der Waals surface area contributed by atoms with E-state index in [4.69, 9.17) is 26.4 Å². The first-order valence-electron chi connectivity index (χ1n) is 21.9. The van der Waals surface area contributed by atoms with E-state index in [1.807, 2.05) is 30.8 Å². The second-order valence-electron chi connectivity index (χ2n) is 18.2. The van der Waals surface area contributed by atoms with Crippen LogP contribution in [0.5, 0.6) is 5.75 Å². The normalized spacial score (nSPS) is 23.2. The van der Waals surface area contributed by atoms with Crippen LogP contribution >= 0.6 is 11.6 Å². The highest BCUT2D eigenvalue weighted by atomic mass is 35.5. The first-order chi connectivity index (χ1) is 30.2. The number of aromatic nitrogens is 5. The lowest BCUT2D eigenvalue weighted by Crippen LogP contribution is -2.51. The molecule has 2 unspecified atom stereocenters. The third-order valence-electron chi connectivity index (χ3n) is 14.3. The highest BCUT2D eigenvalue weighted by Gasteiger charge is 2.51. The number of carbonyl (C=O) groups excluding carboxylic acids is 2. The van der Waals surface area contributed by atoms with Gasteiger partial charge in [0.05, 0.1) is 51.9 Å². The Labute approximate surface area is 367 Å². The number of ether oxygens (including phenoxy) is 1. The number of alkyl halides is 2. The van der Waals surface area contributed by atoms with E-state index in [1.54, 1.807) is 31.4 Å². The van der Waals surface area contributed by atoms with Crippen LogP contribution in [0.25, 0.3) is 21.8 Å². The van der Waals surface area contributed by atoms with Gasteiger partial charge in [0.25, 0.3) is 5.56 Å². The molecule has 0 radical (unpaired) electrons. The van der Waals surface area contributed by atoms with Crippen molar-refractivity contribution in [1.82, 2.24) is 29.6 Å². The Balaban J connectivity index is 0.803. The number of benzene rings is 2. The van der Waals surface area contributed by atoms with E-state index in [-0.39, 0.29) is 41.0 Å². The van der Waals surface area contributed by atoms with Gasteiger partial charge in [0.2, 0.25) is 23.5 Å². The van der Waals surface area contributed by atoms with E-state index in [1.165, 1.54) is 4.57 Å². The summed E-state index contributed by atoms with van der Waals surface area (Å²) in [5, 5.41) is 27.5. The number of para-hydroxylation sites is 1. The molecule has 3 atom stereocenters. The van der Waals surface area contributed by atoms with E-state index in [2.05, 4.69) is 36.8 Å². The first kappa shape index (κ1) is 41.5. The number of rotatable bonds is 8. The number of imide groups is 1. The van der Waals surface area contributed by atoms with Crippen molar-refractivity contribution in [2.75, 3.05) is 53.2 Å². The molecule has 2 aromatic carbocycles. The van der Waals surface area contributed by atoms with Gasteiger partial charge in [-0.25, -0.2) is 13.8 Å². The highest BCUT2D eigenvalue weighted by Crippen LogP contribution is 2.46. The minimum Gasteiger partial charge on any atom is -0.480 e. The number of carbonyl (C=O) groups is 2. The van der Waals surface area contributed by atoms with Gasteiger partial charge < -0.3 is 34.8 Å². The molecular weight excluding hydrogens is 834 g/mol. The first-order valence-corrected chi connectivity index (χ1v) is 22.3. The molecule has 15 nitrogen and oxygen atoms in total. The second-order valence-corrected chi connectivity index (χ2v) is 18.6. The number of nitrogens with zero attached hydrogens (tertiary/aromatic N) is 7. The SMILES string of the molecule is Cn1nc(C2CCC(=O)NC2=O)c2cccc(N3CCC(C(C)(O)C4CCN(c5ncc(Cl)c(Nc6ccc7c(c6)c6c(c(=O)n7C)OCC(F)(F)[C@H](C7CC7)N6)n5)CC4)CC3)c21. The summed E-state index contributed by atoms with van der Waals surface area (Å²) in [5.41, 5.74) is 2.74. The van der Waals surface area contributed by atoms with Crippen LogP contribution in [0.1, 0.15) is 69.9 Å². The lowest BCUT2D eigenvalue weighted by atomic mass is 9.70. The molecule has 332 valence electrons. The Morgan fingerprint density at radius 3 is 2.37 bits per heavy atom. The summed E-state index contributed by atoms with van der Waals surface area (Å²) < 4.78 is 39.1. The monoisotopic (exact) mass is 884 g/mol. The van der Waals surface area contributed by atoms with Gasteiger partial charge in [0.1, 0.15) is 5.02 Å². The molecule has 3 saturated heterocycles. The summed E-state index contributed by atoms with van der Waals surface area (Å²) >= 11 is 6.64. The summed E-state index contributed by atoms with van der Waals surface area (Å²) in [6, 6.07) is 10.3. The zero-order valence-electron chi connectivity index (χ0n) is 35.5. The number of halogens is 3. The van der Waals surface area contributed by atoms with Crippen LogP contribution in [0.4, 0.5) is 37.6 Å². The van der Waals surface area contributed by atoms with Gasteiger partial charge in [-0.2, -0.15) is 10.1 Å². The van der Waals surface area contributed by atoms with E-state index in [0.29, 0.717) is 77.8 Å². The number of aryl methyl sites for hydroxylation is 2. The molecule has 7 heterocycles.